The molecule has 0 radical (unpaired) electrons. The largest absolute Gasteiger partial charge is 0.481 e. The number of hydrogen-bond donors (Lipinski definition) is 1. The van der Waals surface area contributed by atoms with Crippen LogP contribution in [0.4, 0.5) is 5.95 Å². The molecule has 1 amide bonds. The number of aliphatic carboxylic acids is 1. The number of carbonyl (C=O) groups excluding carboxylic acids is 1. The highest BCUT2D eigenvalue weighted by Crippen LogP contribution is 2.59. The van der Waals surface area contributed by atoms with Gasteiger partial charge in [0.1, 0.15) is 0 Å². The highest BCUT2D eigenvalue weighted by Gasteiger charge is 2.66. The van der Waals surface area contributed by atoms with Crippen LogP contribution in [0.1, 0.15) is 13.8 Å². The van der Waals surface area contributed by atoms with Crippen LogP contribution in [-0.2, 0) is 9.59 Å². The molecule has 1 aromatic heterocycles. The summed E-state index contributed by atoms with van der Waals surface area (Å²) in [4.78, 5) is 36.0. The molecule has 1 saturated carbocycles. The van der Waals surface area contributed by atoms with E-state index in [1.54, 1.807) is 23.4 Å². The van der Waals surface area contributed by atoms with Crippen molar-refractivity contribution in [3.63, 3.8) is 0 Å². The summed E-state index contributed by atoms with van der Waals surface area (Å²) in [6, 6.07) is 1.77. The van der Waals surface area contributed by atoms with Crippen LogP contribution in [0.2, 0.25) is 0 Å². The van der Waals surface area contributed by atoms with Crippen molar-refractivity contribution >= 4 is 17.8 Å². The van der Waals surface area contributed by atoms with Crippen LogP contribution in [0.15, 0.2) is 18.5 Å². The van der Waals surface area contributed by atoms with Gasteiger partial charge in [0.15, 0.2) is 0 Å². The molecule has 1 N–H and O–H groups in total. The van der Waals surface area contributed by atoms with Gasteiger partial charge in [-0.1, -0.05) is 13.8 Å². The number of amides is 1. The van der Waals surface area contributed by atoms with E-state index in [9.17, 15) is 14.7 Å². The Morgan fingerprint density at radius 2 is 1.73 bits per heavy atom. The summed E-state index contributed by atoms with van der Waals surface area (Å²) < 4.78 is 0. The number of hydrogen-bond acceptors (Lipinski definition) is 5. The molecule has 1 aromatic rings. The Morgan fingerprint density at radius 1 is 1.14 bits per heavy atom. The SMILES string of the molecule is CC1(C)[C@H](C(=O)O)[C@H]1C(=O)N1CCN(c2ncccn2)CC1. The van der Waals surface area contributed by atoms with Crippen LogP contribution >= 0.6 is 0 Å². The molecule has 2 atom stereocenters. The molecule has 2 heterocycles. The van der Waals surface area contributed by atoms with Crippen LogP contribution in [0.5, 0.6) is 0 Å². The average Bonchev–Trinajstić information content (AvgIpc) is 3.10. The first-order valence-corrected chi connectivity index (χ1v) is 7.46. The Morgan fingerprint density at radius 3 is 2.23 bits per heavy atom. The number of carboxylic acid groups (broad SMARTS) is 1. The fourth-order valence-electron chi connectivity index (χ4n) is 3.34. The second kappa shape index (κ2) is 5.23. The van der Waals surface area contributed by atoms with Crippen molar-refractivity contribution in [3.05, 3.63) is 18.5 Å². The average molecular weight is 304 g/mol. The first-order chi connectivity index (χ1) is 10.4. The zero-order valence-electron chi connectivity index (χ0n) is 12.8. The van der Waals surface area contributed by atoms with Crippen molar-refractivity contribution in [2.45, 2.75) is 13.8 Å². The van der Waals surface area contributed by atoms with Crippen molar-refractivity contribution in [2.24, 2.45) is 17.3 Å². The molecule has 0 bridgehead atoms. The van der Waals surface area contributed by atoms with Gasteiger partial charge >= 0.3 is 5.97 Å². The van der Waals surface area contributed by atoms with Gasteiger partial charge in [-0.05, 0) is 11.5 Å². The standard InChI is InChI=1S/C15H20N4O3/c1-15(2)10(11(15)13(21)22)12(20)18-6-8-19(9-7-18)14-16-4-3-5-17-14/h3-5,10-11H,6-9H2,1-2H3,(H,21,22)/t10-,11-/m0/s1. The molecule has 118 valence electrons. The van der Waals surface area contributed by atoms with E-state index < -0.39 is 23.2 Å². The number of carboxylic acids is 1. The van der Waals surface area contributed by atoms with Crippen LogP contribution in [0.3, 0.4) is 0 Å². The minimum Gasteiger partial charge on any atom is -0.481 e. The smallest absolute Gasteiger partial charge is 0.307 e. The molecule has 1 aliphatic heterocycles. The van der Waals surface area contributed by atoms with Gasteiger partial charge in [-0.2, -0.15) is 0 Å². The fraction of sp³-hybridized carbons (Fsp3) is 0.600. The molecule has 3 rings (SSSR count). The molecule has 2 aliphatic rings. The summed E-state index contributed by atoms with van der Waals surface area (Å²) >= 11 is 0. The van der Waals surface area contributed by atoms with Crippen molar-refractivity contribution in [1.82, 2.24) is 14.9 Å². The van der Waals surface area contributed by atoms with E-state index in [-0.39, 0.29) is 5.91 Å². The van der Waals surface area contributed by atoms with E-state index in [0.717, 1.165) is 0 Å². The van der Waals surface area contributed by atoms with Gasteiger partial charge in [0.2, 0.25) is 11.9 Å². The molecular formula is C15H20N4O3. The maximum atomic E-state index is 12.5. The fourth-order valence-corrected chi connectivity index (χ4v) is 3.34. The van der Waals surface area contributed by atoms with Crippen LogP contribution < -0.4 is 4.90 Å². The van der Waals surface area contributed by atoms with Gasteiger partial charge in [-0.3, -0.25) is 9.59 Å². The van der Waals surface area contributed by atoms with E-state index in [4.69, 9.17) is 0 Å². The second-order valence-electron chi connectivity index (χ2n) is 6.48. The third-order valence-electron chi connectivity index (χ3n) is 4.79. The van der Waals surface area contributed by atoms with E-state index in [1.165, 1.54) is 0 Å². The lowest BCUT2D eigenvalue weighted by Crippen LogP contribution is -2.50. The van der Waals surface area contributed by atoms with Crippen molar-refractivity contribution < 1.29 is 14.7 Å². The molecule has 22 heavy (non-hydrogen) atoms. The third-order valence-corrected chi connectivity index (χ3v) is 4.79. The van der Waals surface area contributed by atoms with Crippen molar-refractivity contribution in [2.75, 3.05) is 31.1 Å². The Bertz CT molecular complexity index is 582. The molecule has 0 unspecified atom stereocenters. The molecular weight excluding hydrogens is 284 g/mol. The minimum atomic E-state index is -0.875. The van der Waals surface area contributed by atoms with E-state index in [1.807, 2.05) is 18.7 Å². The lowest BCUT2D eigenvalue weighted by Gasteiger charge is -2.35. The number of rotatable bonds is 3. The van der Waals surface area contributed by atoms with E-state index in [0.29, 0.717) is 32.1 Å². The van der Waals surface area contributed by atoms with E-state index in [2.05, 4.69) is 9.97 Å². The molecule has 7 heteroatoms. The van der Waals surface area contributed by atoms with Gasteiger partial charge in [0.25, 0.3) is 0 Å². The predicted molar refractivity (Wildman–Crippen MR) is 79.2 cm³/mol. The first-order valence-electron chi connectivity index (χ1n) is 7.46. The lowest BCUT2D eigenvalue weighted by atomic mass is 10.1. The van der Waals surface area contributed by atoms with Gasteiger partial charge < -0.3 is 14.9 Å². The molecule has 2 fully saturated rings. The zero-order chi connectivity index (χ0) is 15.9. The summed E-state index contributed by atoms with van der Waals surface area (Å²) in [5.41, 5.74) is -0.442. The molecule has 7 nitrogen and oxygen atoms in total. The number of aromatic nitrogens is 2. The van der Waals surface area contributed by atoms with Crippen LogP contribution in [0.25, 0.3) is 0 Å². The normalized spacial score (nSPS) is 26.6. The number of nitrogens with zero attached hydrogens (tertiary/aromatic N) is 4. The lowest BCUT2D eigenvalue weighted by molar-refractivity contribution is -0.142. The predicted octanol–water partition coefficient (Wildman–Crippen LogP) is 0.482. The quantitative estimate of drug-likeness (QED) is 0.874. The Hall–Kier alpha value is -2.18. The minimum absolute atomic E-state index is 0.0361. The van der Waals surface area contributed by atoms with Gasteiger partial charge in [-0.25, -0.2) is 9.97 Å². The Balaban J connectivity index is 1.60. The molecule has 1 aliphatic carbocycles. The topological polar surface area (TPSA) is 86.6 Å². The Kier molecular flexibility index (Phi) is 3.50. The highest BCUT2D eigenvalue weighted by molar-refractivity contribution is 5.91. The summed E-state index contributed by atoms with van der Waals surface area (Å²) in [6.45, 7) is 6.19. The maximum Gasteiger partial charge on any atom is 0.307 e. The highest BCUT2D eigenvalue weighted by atomic mass is 16.4. The van der Waals surface area contributed by atoms with Gasteiger partial charge in [0, 0.05) is 38.6 Å². The molecule has 0 spiro atoms. The second-order valence-corrected chi connectivity index (χ2v) is 6.48. The van der Waals surface area contributed by atoms with Crippen molar-refractivity contribution in [3.8, 4) is 0 Å². The number of carbonyl (C=O) groups is 2. The monoisotopic (exact) mass is 304 g/mol. The van der Waals surface area contributed by atoms with E-state index >= 15 is 0 Å². The van der Waals surface area contributed by atoms with Gasteiger partial charge in [0.05, 0.1) is 11.8 Å². The van der Waals surface area contributed by atoms with Crippen LogP contribution in [-0.4, -0.2) is 58.0 Å². The third kappa shape index (κ3) is 2.40. The summed E-state index contributed by atoms with van der Waals surface area (Å²) in [5, 5.41) is 9.20. The van der Waals surface area contributed by atoms with Crippen molar-refractivity contribution in [1.29, 1.82) is 0 Å². The molecule has 0 aromatic carbocycles. The zero-order valence-corrected chi connectivity index (χ0v) is 12.8. The summed E-state index contributed by atoms with van der Waals surface area (Å²) in [7, 11) is 0. The number of anilines is 1. The summed E-state index contributed by atoms with van der Waals surface area (Å²) in [5.74, 6) is -1.20. The van der Waals surface area contributed by atoms with Gasteiger partial charge in [-0.15, -0.1) is 0 Å². The molecule has 1 saturated heterocycles. The maximum absolute atomic E-state index is 12.5. The Labute approximate surface area is 129 Å². The number of piperazine rings is 1. The first kappa shape index (κ1) is 14.7. The van der Waals surface area contributed by atoms with Crippen LogP contribution in [0, 0.1) is 17.3 Å². The summed E-state index contributed by atoms with van der Waals surface area (Å²) in [6.07, 6.45) is 3.40.